The first-order valence-electron chi connectivity index (χ1n) is 6.83. The van der Waals surface area contributed by atoms with Crippen molar-refractivity contribution < 1.29 is 9.90 Å². The Morgan fingerprint density at radius 2 is 1.95 bits per heavy atom. The normalized spacial score (nSPS) is 15.3. The Labute approximate surface area is 122 Å². The number of amides is 1. The van der Waals surface area contributed by atoms with Gasteiger partial charge in [0.1, 0.15) is 0 Å². The number of piperazine rings is 1. The summed E-state index contributed by atoms with van der Waals surface area (Å²) in [7, 11) is 0. The van der Waals surface area contributed by atoms with Gasteiger partial charge in [0, 0.05) is 38.6 Å². The first-order valence-corrected chi connectivity index (χ1v) is 6.83. The molecule has 0 radical (unpaired) electrons. The van der Waals surface area contributed by atoms with Crippen molar-refractivity contribution >= 4 is 11.8 Å². The van der Waals surface area contributed by atoms with Gasteiger partial charge in [-0.2, -0.15) is 5.10 Å². The predicted octanol–water partition coefficient (Wildman–Crippen LogP) is 1.38. The standard InChI is InChI=1S/C14H17N5O2/c1-11-8-16-19(10-11)12-2-3-15-9-13(12)17-4-6-18(7-5-17)14(20)21/h2-3,8-10H,4-7H2,1H3,(H,20,21). The maximum atomic E-state index is 11.0. The number of carboxylic acid groups (broad SMARTS) is 1. The summed E-state index contributed by atoms with van der Waals surface area (Å²) in [4.78, 5) is 18.8. The smallest absolute Gasteiger partial charge is 0.407 e. The van der Waals surface area contributed by atoms with Gasteiger partial charge in [0.25, 0.3) is 0 Å². The third-order valence-corrected chi connectivity index (χ3v) is 3.63. The summed E-state index contributed by atoms with van der Waals surface area (Å²) in [6, 6.07) is 1.92. The van der Waals surface area contributed by atoms with E-state index >= 15 is 0 Å². The lowest BCUT2D eigenvalue weighted by atomic mass is 10.2. The molecule has 0 bridgehead atoms. The maximum Gasteiger partial charge on any atom is 0.407 e. The molecule has 2 aromatic heterocycles. The minimum absolute atomic E-state index is 0.502. The van der Waals surface area contributed by atoms with E-state index in [9.17, 15) is 4.79 Å². The average Bonchev–Trinajstić information content (AvgIpc) is 2.94. The summed E-state index contributed by atoms with van der Waals surface area (Å²) in [5, 5.41) is 13.4. The highest BCUT2D eigenvalue weighted by molar-refractivity contribution is 5.66. The van der Waals surface area contributed by atoms with E-state index in [1.807, 2.05) is 36.3 Å². The molecule has 0 atom stereocenters. The molecule has 3 heterocycles. The first kappa shape index (κ1) is 13.4. The van der Waals surface area contributed by atoms with Crippen molar-refractivity contribution in [2.75, 3.05) is 31.1 Å². The Morgan fingerprint density at radius 1 is 1.19 bits per heavy atom. The van der Waals surface area contributed by atoms with E-state index in [1.54, 1.807) is 6.20 Å². The van der Waals surface area contributed by atoms with Crippen molar-refractivity contribution in [1.29, 1.82) is 0 Å². The van der Waals surface area contributed by atoms with Crippen molar-refractivity contribution in [2.24, 2.45) is 0 Å². The highest BCUT2D eigenvalue weighted by Gasteiger charge is 2.22. The van der Waals surface area contributed by atoms with Gasteiger partial charge in [0.2, 0.25) is 0 Å². The summed E-state index contributed by atoms with van der Waals surface area (Å²) in [6.07, 6.45) is 6.47. The molecule has 7 heteroatoms. The molecule has 3 rings (SSSR count). The summed E-state index contributed by atoms with van der Waals surface area (Å²) < 4.78 is 1.83. The molecule has 1 N–H and O–H groups in total. The molecule has 0 spiro atoms. The van der Waals surface area contributed by atoms with Crippen molar-refractivity contribution in [3.63, 3.8) is 0 Å². The van der Waals surface area contributed by atoms with Crippen LogP contribution in [-0.4, -0.2) is 57.0 Å². The van der Waals surface area contributed by atoms with E-state index in [0.717, 1.165) is 16.9 Å². The number of aryl methyl sites for hydroxylation is 1. The zero-order valence-electron chi connectivity index (χ0n) is 11.8. The summed E-state index contributed by atoms with van der Waals surface area (Å²) in [5.41, 5.74) is 3.03. The van der Waals surface area contributed by atoms with Crippen LogP contribution in [0.1, 0.15) is 5.56 Å². The van der Waals surface area contributed by atoms with Gasteiger partial charge in [0.05, 0.1) is 23.8 Å². The third kappa shape index (κ3) is 2.67. The lowest BCUT2D eigenvalue weighted by Crippen LogP contribution is -2.48. The van der Waals surface area contributed by atoms with Crippen molar-refractivity contribution in [1.82, 2.24) is 19.7 Å². The molecule has 0 aliphatic carbocycles. The minimum Gasteiger partial charge on any atom is -0.465 e. The average molecular weight is 287 g/mol. The Kier molecular flexibility index (Phi) is 3.47. The molecule has 110 valence electrons. The van der Waals surface area contributed by atoms with Gasteiger partial charge in [-0.15, -0.1) is 0 Å². The summed E-state index contributed by atoms with van der Waals surface area (Å²) in [6.45, 7) is 4.32. The number of nitrogens with zero attached hydrogens (tertiary/aromatic N) is 5. The van der Waals surface area contributed by atoms with Crippen molar-refractivity contribution in [2.45, 2.75) is 6.92 Å². The lowest BCUT2D eigenvalue weighted by Gasteiger charge is -2.35. The van der Waals surface area contributed by atoms with Crippen LogP contribution in [0, 0.1) is 6.92 Å². The number of aromatic nitrogens is 3. The highest BCUT2D eigenvalue weighted by Crippen LogP contribution is 2.24. The topological polar surface area (TPSA) is 74.5 Å². The van der Waals surface area contributed by atoms with Gasteiger partial charge in [0.15, 0.2) is 0 Å². The van der Waals surface area contributed by atoms with E-state index in [4.69, 9.17) is 5.11 Å². The maximum absolute atomic E-state index is 11.0. The van der Waals surface area contributed by atoms with Crippen LogP contribution < -0.4 is 4.90 Å². The van der Waals surface area contributed by atoms with E-state index in [-0.39, 0.29) is 0 Å². The number of carbonyl (C=O) groups is 1. The minimum atomic E-state index is -0.858. The molecule has 2 aromatic rings. The molecule has 1 aliphatic heterocycles. The Hall–Kier alpha value is -2.57. The van der Waals surface area contributed by atoms with E-state index in [2.05, 4.69) is 15.0 Å². The highest BCUT2D eigenvalue weighted by atomic mass is 16.4. The quantitative estimate of drug-likeness (QED) is 0.903. The molecule has 1 amide bonds. The van der Waals surface area contributed by atoms with Gasteiger partial charge in [-0.25, -0.2) is 9.48 Å². The van der Waals surface area contributed by atoms with Gasteiger partial charge >= 0.3 is 6.09 Å². The van der Waals surface area contributed by atoms with Crippen LogP contribution in [0.5, 0.6) is 0 Å². The molecule has 1 saturated heterocycles. The number of rotatable bonds is 2. The number of anilines is 1. The largest absolute Gasteiger partial charge is 0.465 e. The second-order valence-corrected chi connectivity index (χ2v) is 5.08. The molecule has 0 aromatic carbocycles. The second kappa shape index (κ2) is 5.43. The third-order valence-electron chi connectivity index (χ3n) is 3.63. The van der Waals surface area contributed by atoms with Crippen molar-refractivity contribution in [3.8, 4) is 5.69 Å². The molecule has 0 unspecified atom stereocenters. The monoisotopic (exact) mass is 287 g/mol. The first-order chi connectivity index (χ1) is 10.1. The van der Waals surface area contributed by atoms with E-state index in [1.165, 1.54) is 4.90 Å². The molecule has 1 fully saturated rings. The van der Waals surface area contributed by atoms with Crippen LogP contribution in [0.15, 0.2) is 30.9 Å². The number of hydrogen-bond acceptors (Lipinski definition) is 4. The molecular weight excluding hydrogens is 270 g/mol. The summed E-state index contributed by atoms with van der Waals surface area (Å²) in [5.74, 6) is 0. The van der Waals surface area contributed by atoms with E-state index < -0.39 is 6.09 Å². The van der Waals surface area contributed by atoms with Gasteiger partial charge in [-0.05, 0) is 18.6 Å². The van der Waals surface area contributed by atoms with Crippen LogP contribution in [-0.2, 0) is 0 Å². The second-order valence-electron chi connectivity index (χ2n) is 5.08. The molecule has 7 nitrogen and oxygen atoms in total. The summed E-state index contributed by atoms with van der Waals surface area (Å²) >= 11 is 0. The fourth-order valence-electron chi connectivity index (χ4n) is 2.50. The van der Waals surface area contributed by atoms with Crippen LogP contribution in [0.3, 0.4) is 0 Å². The van der Waals surface area contributed by atoms with Crippen LogP contribution in [0.2, 0.25) is 0 Å². The van der Waals surface area contributed by atoms with Crippen molar-refractivity contribution in [3.05, 3.63) is 36.4 Å². The molecule has 21 heavy (non-hydrogen) atoms. The van der Waals surface area contributed by atoms with Crippen LogP contribution in [0.4, 0.5) is 10.5 Å². The van der Waals surface area contributed by atoms with E-state index in [0.29, 0.717) is 26.2 Å². The van der Waals surface area contributed by atoms with Gasteiger partial charge in [-0.3, -0.25) is 4.98 Å². The Bertz CT molecular complexity index is 646. The van der Waals surface area contributed by atoms with Gasteiger partial charge in [-0.1, -0.05) is 0 Å². The zero-order chi connectivity index (χ0) is 14.8. The predicted molar refractivity (Wildman–Crippen MR) is 77.9 cm³/mol. The van der Waals surface area contributed by atoms with Crippen LogP contribution >= 0.6 is 0 Å². The zero-order valence-corrected chi connectivity index (χ0v) is 11.8. The fraction of sp³-hybridized carbons (Fsp3) is 0.357. The molecular formula is C14H17N5O2. The molecule has 1 aliphatic rings. The Balaban J connectivity index is 1.85. The fourth-order valence-corrected chi connectivity index (χ4v) is 2.50. The SMILES string of the molecule is Cc1cnn(-c2ccncc2N2CCN(C(=O)O)CC2)c1. The Morgan fingerprint density at radius 3 is 2.57 bits per heavy atom. The lowest BCUT2D eigenvalue weighted by molar-refractivity contribution is 0.142. The molecule has 0 saturated carbocycles. The van der Waals surface area contributed by atoms with Gasteiger partial charge < -0.3 is 14.9 Å². The van der Waals surface area contributed by atoms with Crippen LogP contribution in [0.25, 0.3) is 5.69 Å². The number of hydrogen-bond donors (Lipinski definition) is 1. The number of pyridine rings is 1.